The minimum atomic E-state index is -0.509. The molecule has 0 saturated carbocycles. The summed E-state index contributed by atoms with van der Waals surface area (Å²) in [5.74, 6) is -0.492. The average molecular weight is 283 g/mol. The highest BCUT2D eigenvalue weighted by atomic mass is 16.6. The number of nitrogens with zero attached hydrogens (tertiary/aromatic N) is 1. The van der Waals surface area contributed by atoms with E-state index in [0.29, 0.717) is 18.4 Å². The number of hydrogen-bond acceptors (Lipinski definition) is 6. The third kappa shape index (κ3) is 3.14. The van der Waals surface area contributed by atoms with Gasteiger partial charge in [-0.1, -0.05) is 0 Å². The molecular formula is C12H17N3O5. The molecule has 1 aliphatic rings. The van der Waals surface area contributed by atoms with Crippen molar-refractivity contribution in [3.05, 3.63) is 32.6 Å². The number of carbonyl (C=O) groups excluding carboxylic acids is 1. The monoisotopic (exact) mass is 283 g/mol. The van der Waals surface area contributed by atoms with E-state index in [0.717, 1.165) is 0 Å². The Morgan fingerprint density at radius 1 is 1.55 bits per heavy atom. The van der Waals surface area contributed by atoms with Crippen LogP contribution in [0, 0.1) is 6.92 Å². The summed E-state index contributed by atoms with van der Waals surface area (Å²) in [6.45, 7) is 1.56. The Kier molecular flexibility index (Phi) is 4.35. The molecule has 1 fully saturated rings. The van der Waals surface area contributed by atoms with E-state index in [4.69, 9.17) is 15.2 Å². The van der Waals surface area contributed by atoms with Crippen LogP contribution in [0.1, 0.15) is 24.6 Å². The summed E-state index contributed by atoms with van der Waals surface area (Å²) in [5, 5.41) is 0. The summed E-state index contributed by atoms with van der Waals surface area (Å²) in [7, 11) is 0. The van der Waals surface area contributed by atoms with E-state index in [1.165, 1.54) is 10.8 Å². The van der Waals surface area contributed by atoms with Crippen molar-refractivity contribution in [2.75, 3.05) is 13.2 Å². The first-order chi connectivity index (χ1) is 9.51. The smallest absolute Gasteiger partial charge is 0.330 e. The Bertz CT molecular complexity index is 606. The number of rotatable bonds is 4. The molecule has 1 saturated heterocycles. The van der Waals surface area contributed by atoms with Crippen molar-refractivity contribution in [2.24, 2.45) is 5.73 Å². The van der Waals surface area contributed by atoms with Gasteiger partial charge in [-0.15, -0.1) is 0 Å². The number of carbonyl (C=O) groups is 1. The second-order valence-electron chi connectivity index (χ2n) is 4.66. The van der Waals surface area contributed by atoms with E-state index in [1.54, 1.807) is 6.92 Å². The Morgan fingerprint density at radius 2 is 2.30 bits per heavy atom. The molecule has 2 atom stereocenters. The number of aromatic amines is 1. The number of aromatic nitrogens is 2. The van der Waals surface area contributed by atoms with Gasteiger partial charge < -0.3 is 15.2 Å². The number of esters is 1. The van der Waals surface area contributed by atoms with Crippen molar-refractivity contribution >= 4 is 5.97 Å². The quantitative estimate of drug-likeness (QED) is 0.686. The number of H-pyrrole nitrogens is 1. The molecule has 0 aromatic carbocycles. The van der Waals surface area contributed by atoms with Crippen molar-refractivity contribution in [2.45, 2.75) is 32.1 Å². The van der Waals surface area contributed by atoms with E-state index in [2.05, 4.69) is 4.98 Å². The fourth-order valence-electron chi connectivity index (χ4n) is 2.06. The summed E-state index contributed by atoms with van der Waals surface area (Å²) < 4.78 is 11.9. The van der Waals surface area contributed by atoms with Gasteiger partial charge in [0.2, 0.25) is 0 Å². The summed E-state index contributed by atoms with van der Waals surface area (Å²) in [5.41, 5.74) is 4.65. The van der Waals surface area contributed by atoms with Crippen LogP contribution in [0.3, 0.4) is 0 Å². The van der Waals surface area contributed by atoms with Crippen LogP contribution in [0.15, 0.2) is 15.8 Å². The molecule has 3 N–H and O–H groups in total. The molecular weight excluding hydrogens is 266 g/mol. The first-order valence-corrected chi connectivity index (χ1v) is 6.34. The maximum Gasteiger partial charge on any atom is 0.330 e. The lowest BCUT2D eigenvalue weighted by molar-refractivity contribution is -0.146. The Balaban J connectivity index is 2.03. The van der Waals surface area contributed by atoms with Crippen molar-refractivity contribution in [3.8, 4) is 0 Å². The Morgan fingerprint density at radius 3 is 3.00 bits per heavy atom. The van der Waals surface area contributed by atoms with Crippen LogP contribution in [-0.4, -0.2) is 34.8 Å². The van der Waals surface area contributed by atoms with Crippen LogP contribution in [0.4, 0.5) is 0 Å². The first kappa shape index (κ1) is 14.5. The molecule has 0 spiro atoms. The van der Waals surface area contributed by atoms with Crippen molar-refractivity contribution < 1.29 is 14.3 Å². The van der Waals surface area contributed by atoms with Crippen molar-refractivity contribution in [1.82, 2.24) is 9.55 Å². The molecule has 8 heteroatoms. The molecule has 2 unspecified atom stereocenters. The third-order valence-electron chi connectivity index (χ3n) is 3.14. The molecule has 0 radical (unpaired) electrons. The predicted molar refractivity (Wildman–Crippen MR) is 69.2 cm³/mol. The fraction of sp³-hybridized carbons (Fsp3) is 0.583. The zero-order valence-corrected chi connectivity index (χ0v) is 11.1. The molecule has 0 amide bonds. The van der Waals surface area contributed by atoms with Gasteiger partial charge in [-0.25, -0.2) is 4.79 Å². The molecule has 1 aromatic rings. The largest absolute Gasteiger partial charge is 0.462 e. The molecule has 2 rings (SSSR count). The van der Waals surface area contributed by atoms with Crippen molar-refractivity contribution in [1.29, 1.82) is 0 Å². The lowest BCUT2D eigenvalue weighted by Crippen LogP contribution is -2.33. The van der Waals surface area contributed by atoms with E-state index < -0.39 is 23.4 Å². The molecule has 1 aromatic heterocycles. The molecule has 0 bridgehead atoms. The Hall–Kier alpha value is -1.93. The zero-order chi connectivity index (χ0) is 14.7. The van der Waals surface area contributed by atoms with Crippen LogP contribution < -0.4 is 17.0 Å². The van der Waals surface area contributed by atoms with Crippen LogP contribution in [0.5, 0.6) is 0 Å². The van der Waals surface area contributed by atoms with Crippen molar-refractivity contribution in [3.63, 3.8) is 0 Å². The zero-order valence-electron chi connectivity index (χ0n) is 11.1. The number of nitrogens with one attached hydrogen (secondary N) is 1. The van der Waals surface area contributed by atoms with Crippen LogP contribution >= 0.6 is 0 Å². The van der Waals surface area contributed by atoms with Gasteiger partial charge in [0, 0.05) is 11.8 Å². The molecule has 2 heterocycles. The maximum atomic E-state index is 11.7. The van der Waals surface area contributed by atoms with Gasteiger partial charge in [0.1, 0.15) is 12.8 Å². The number of nitrogens with two attached hydrogens (primary N) is 1. The minimum Gasteiger partial charge on any atom is -0.462 e. The average Bonchev–Trinajstić information content (AvgIpc) is 2.88. The topological polar surface area (TPSA) is 116 Å². The highest BCUT2D eigenvalue weighted by Gasteiger charge is 2.28. The van der Waals surface area contributed by atoms with Gasteiger partial charge in [-0.05, 0) is 19.8 Å². The lowest BCUT2D eigenvalue weighted by atomic mass is 10.2. The number of aryl methyl sites for hydroxylation is 1. The van der Waals surface area contributed by atoms with E-state index in [1.807, 2.05) is 0 Å². The maximum absolute atomic E-state index is 11.7. The van der Waals surface area contributed by atoms with Crippen LogP contribution in [0.25, 0.3) is 0 Å². The van der Waals surface area contributed by atoms with Gasteiger partial charge in [0.05, 0.1) is 12.6 Å². The SMILES string of the molecule is Cc1cn(C2CCC(COC(=O)CN)O2)c(=O)[nH]c1=O. The summed E-state index contributed by atoms with van der Waals surface area (Å²) in [6, 6.07) is 0. The van der Waals surface area contributed by atoms with Gasteiger partial charge in [0.25, 0.3) is 5.56 Å². The van der Waals surface area contributed by atoms with E-state index >= 15 is 0 Å². The lowest BCUT2D eigenvalue weighted by Gasteiger charge is -2.16. The number of hydrogen-bond donors (Lipinski definition) is 2. The molecule has 8 nitrogen and oxygen atoms in total. The third-order valence-corrected chi connectivity index (χ3v) is 3.14. The van der Waals surface area contributed by atoms with Gasteiger partial charge in [-0.3, -0.25) is 19.1 Å². The Labute approximate surface area is 114 Å². The van der Waals surface area contributed by atoms with Gasteiger partial charge in [0.15, 0.2) is 0 Å². The summed E-state index contributed by atoms with van der Waals surface area (Å²) in [4.78, 5) is 36.2. The second-order valence-corrected chi connectivity index (χ2v) is 4.66. The van der Waals surface area contributed by atoms with E-state index in [-0.39, 0.29) is 19.3 Å². The standard InChI is InChI=1S/C12H17N3O5/c1-7-5-15(12(18)14-11(7)17)9-3-2-8(20-9)6-19-10(16)4-13/h5,8-9H,2-4,6,13H2,1H3,(H,14,17,18). The minimum absolute atomic E-state index is 0.115. The normalized spacial score (nSPS) is 21.9. The molecule has 20 heavy (non-hydrogen) atoms. The molecule has 110 valence electrons. The van der Waals surface area contributed by atoms with Gasteiger partial charge in [-0.2, -0.15) is 0 Å². The van der Waals surface area contributed by atoms with Crippen LogP contribution in [0.2, 0.25) is 0 Å². The molecule has 0 aliphatic carbocycles. The summed E-state index contributed by atoms with van der Waals surface area (Å²) in [6.07, 6.45) is 2.01. The second kappa shape index (κ2) is 6.02. The predicted octanol–water partition coefficient (Wildman–Crippen LogP) is -0.975. The fourth-order valence-corrected chi connectivity index (χ4v) is 2.06. The van der Waals surface area contributed by atoms with Crippen LogP contribution in [-0.2, 0) is 14.3 Å². The highest BCUT2D eigenvalue weighted by Crippen LogP contribution is 2.27. The van der Waals surface area contributed by atoms with Gasteiger partial charge >= 0.3 is 11.7 Å². The highest BCUT2D eigenvalue weighted by molar-refractivity contribution is 5.71. The summed E-state index contributed by atoms with van der Waals surface area (Å²) >= 11 is 0. The number of ether oxygens (including phenoxy) is 2. The first-order valence-electron chi connectivity index (χ1n) is 6.34. The van der Waals surface area contributed by atoms with E-state index in [9.17, 15) is 14.4 Å². The molecule has 1 aliphatic heterocycles.